The summed E-state index contributed by atoms with van der Waals surface area (Å²) in [7, 11) is 6.83. The predicted molar refractivity (Wildman–Crippen MR) is 115 cm³/mol. The highest BCUT2D eigenvalue weighted by atomic mass is 16.5. The molecule has 4 rings (SSSR count). The summed E-state index contributed by atoms with van der Waals surface area (Å²) in [5.41, 5.74) is 3.09. The number of fused-ring (bicyclic) bond motifs is 2. The molecule has 0 atom stereocenters. The molecule has 0 radical (unpaired) electrons. The van der Waals surface area contributed by atoms with E-state index in [0.29, 0.717) is 17.9 Å². The van der Waals surface area contributed by atoms with Crippen molar-refractivity contribution in [3.63, 3.8) is 0 Å². The molecule has 29 heavy (non-hydrogen) atoms. The van der Waals surface area contributed by atoms with Gasteiger partial charge in [0.25, 0.3) is 0 Å². The van der Waals surface area contributed by atoms with Crippen LogP contribution in [0.25, 0.3) is 21.7 Å². The van der Waals surface area contributed by atoms with Gasteiger partial charge >= 0.3 is 0 Å². The third-order valence-corrected chi connectivity index (χ3v) is 5.06. The van der Waals surface area contributed by atoms with Gasteiger partial charge in [-0.25, -0.2) is 4.98 Å². The van der Waals surface area contributed by atoms with Crippen LogP contribution in [0.15, 0.2) is 48.8 Å². The Balaban J connectivity index is 1.84. The first kappa shape index (κ1) is 18.8. The molecule has 0 fully saturated rings. The number of aromatic nitrogens is 2. The van der Waals surface area contributed by atoms with E-state index >= 15 is 0 Å². The minimum absolute atomic E-state index is 0.677. The molecule has 0 saturated carbocycles. The number of rotatable bonds is 6. The molecule has 0 bridgehead atoms. The van der Waals surface area contributed by atoms with Gasteiger partial charge < -0.3 is 19.5 Å². The van der Waals surface area contributed by atoms with Crippen LogP contribution in [-0.4, -0.2) is 38.3 Å². The number of benzene rings is 2. The second kappa shape index (κ2) is 7.83. The Labute approximate surface area is 169 Å². The molecule has 0 amide bonds. The molecule has 0 spiro atoms. The van der Waals surface area contributed by atoms with Crippen LogP contribution < -0.4 is 19.5 Å². The maximum Gasteiger partial charge on any atom is 0.161 e. The molecule has 2 aromatic carbocycles. The number of nitrogens with one attached hydrogen (secondary N) is 1. The first-order valence-corrected chi connectivity index (χ1v) is 9.31. The third-order valence-electron chi connectivity index (χ3n) is 5.06. The number of hydrogen-bond acceptors (Lipinski definition) is 6. The number of hydrogen-bond donors (Lipinski definition) is 1. The van der Waals surface area contributed by atoms with E-state index in [1.165, 1.54) is 0 Å². The maximum atomic E-state index is 5.49. The van der Waals surface area contributed by atoms with Crippen LogP contribution in [0, 0.1) is 0 Å². The first-order chi connectivity index (χ1) is 14.2. The van der Waals surface area contributed by atoms with Gasteiger partial charge in [-0.1, -0.05) is 0 Å². The molecule has 0 aliphatic rings. The minimum atomic E-state index is 0.677. The Morgan fingerprint density at radius 2 is 1.62 bits per heavy atom. The average Bonchev–Trinajstić information content (AvgIpc) is 2.77. The zero-order valence-corrected chi connectivity index (χ0v) is 16.9. The Morgan fingerprint density at radius 1 is 0.828 bits per heavy atom. The highest BCUT2D eigenvalue weighted by Crippen LogP contribution is 2.34. The van der Waals surface area contributed by atoms with Crippen molar-refractivity contribution in [1.82, 2.24) is 9.97 Å². The van der Waals surface area contributed by atoms with Crippen LogP contribution >= 0.6 is 0 Å². The van der Waals surface area contributed by atoms with Crippen molar-refractivity contribution in [3.05, 3.63) is 59.9 Å². The fourth-order valence-electron chi connectivity index (χ4n) is 3.58. The van der Waals surface area contributed by atoms with Crippen LogP contribution in [0.4, 0.5) is 5.82 Å². The van der Waals surface area contributed by atoms with Gasteiger partial charge in [0, 0.05) is 36.6 Å². The van der Waals surface area contributed by atoms with Crippen LogP contribution in [0.2, 0.25) is 0 Å². The summed E-state index contributed by atoms with van der Waals surface area (Å²) in [6.07, 6.45) is 4.41. The zero-order chi connectivity index (χ0) is 20.4. The number of methoxy groups -OCH3 is 3. The van der Waals surface area contributed by atoms with Crippen LogP contribution in [0.1, 0.15) is 11.1 Å². The van der Waals surface area contributed by atoms with Gasteiger partial charge in [0.1, 0.15) is 11.6 Å². The Kier molecular flexibility index (Phi) is 5.08. The summed E-state index contributed by atoms with van der Waals surface area (Å²) in [5, 5.41) is 6.33. The molecule has 0 aliphatic heterocycles. The van der Waals surface area contributed by atoms with Gasteiger partial charge in [-0.2, -0.15) is 0 Å². The summed E-state index contributed by atoms with van der Waals surface area (Å²) in [4.78, 5) is 9.20. The van der Waals surface area contributed by atoms with Gasteiger partial charge in [0.2, 0.25) is 0 Å². The fourth-order valence-corrected chi connectivity index (χ4v) is 3.58. The van der Waals surface area contributed by atoms with E-state index < -0.39 is 0 Å². The van der Waals surface area contributed by atoms with Crippen molar-refractivity contribution in [3.8, 4) is 17.2 Å². The first-order valence-electron chi connectivity index (χ1n) is 9.31. The molecule has 6 nitrogen and oxygen atoms in total. The summed E-state index contributed by atoms with van der Waals surface area (Å²) in [5.74, 6) is 3.04. The quantitative estimate of drug-likeness (QED) is 0.526. The lowest BCUT2D eigenvalue weighted by atomic mass is 9.99. The topological polar surface area (TPSA) is 65.5 Å². The SMILES string of the molecule is CNc1nc2ccc(OC)cc2cc1Cc1cncc2cc(OC)c(OC)cc12. The van der Waals surface area contributed by atoms with E-state index in [-0.39, 0.29) is 0 Å². The van der Waals surface area contributed by atoms with Crippen LogP contribution in [0.3, 0.4) is 0 Å². The number of nitrogens with zero attached hydrogens (tertiary/aromatic N) is 2. The predicted octanol–water partition coefficient (Wildman–Crippen LogP) is 4.44. The largest absolute Gasteiger partial charge is 0.497 e. The lowest BCUT2D eigenvalue weighted by molar-refractivity contribution is 0.356. The van der Waals surface area contributed by atoms with Crippen molar-refractivity contribution in [1.29, 1.82) is 0 Å². The molecule has 4 aromatic rings. The van der Waals surface area contributed by atoms with E-state index in [4.69, 9.17) is 19.2 Å². The van der Waals surface area contributed by atoms with Gasteiger partial charge in [-0.3, -0.25) is 4.98 Å². The van der Waals surface area contributed by atoms with Crippen molar-refractivity contribution in [2.24, 2.45) is 0 Å². The summed E-state index contributed by atoms with van der Waals surface area (Å²) in [6.45, 7) is 0. The molecule has 0 aliphatic carbocycles. The van der Waals surface area contributed by atoms with E-state index in [9.17, 15) is 0 Å². The fraction of sp³-hybridized carbons (Fsp3) is 0.217. The smallest absolute Gasteiger partial charge is 0.161 e. The molecule has 1 N–H and O–H groups in total. The summed E-state index contributed by atoms with van der Waals surface area (Å²) in [6, 6.07) is 12.0. The molecular weight excluding hydrogens is 366 g/mol. The molecule has 2 aromatic heterocycles. The van der Waals surface area contributed by atoms with Gasteiger partial charge in [0.15, 0.2) is 11.5 Å². The van der Waals surface area contributed by atoms with Crippen molar-refractivity contribution in [2.75, 3.05) is 33.7 Å². The monoisotopic (exact) mass is 389 g/mol. The Bertz CT molecular complexity index is 1190. The Morgan fingerprint density at radius 3 is 2.34 bits per heavy atom. The van der Waals surface area contributed by atoms with Crippen LogP contribution in [0.5, 0.6) is 17.2 Å². The van der Waals surface area contributed by atoms with Crippen molar-refractivity contribution < 1.29 is 14.2 Å². The second-order valence-electron chi connectivity index (χ2n) is 6.71. The molecule has 0 saturated heterocycles. The second-order valence-corrected chi connectivity index (χ2v) is 6.71. The van der Waals surface area contributed by atoms with E-state index in [1.807, 2.05) is 49.8 Å². The maximum absolute atomic E-state index is 5.49. The molecule has 2 heterocycles. The lowest BCUT2D eigenvalue weighted by Crippen LogP contribution is -2.01. The standard InChI is InChI=1S/C23H23N3O3/c1-24-23-15(7-14-9-18(27-2)5-6-20(14)26-23)8-16-12-25-13-17-10-21(28-3)22(29-4)11-19(16)17/h5-7,9-13H,8H2,1-4H3,(H,24,26). The molecule has 6 heteroatoms. The third kappa shape index (κ3) is 3.49. The van der Waals surface area contributed by atoms with Crippen molar-refractivity contribution in [2.45, 2.75) is 6.42 Å². The van der Waals surface area contributed by atoms with E-state index in [2.05, 4.69) is 16.4 Å². The summed E-state index contributed by atoms with van der Waals surface area (Å²) < 4.78 is 16.3. The highest BCUT2D eigenvalue weighted by molar-refractivity contribution is 5.89. The molecular formula is C23H23N3O3. The molecule has 0 unspecified atom stereocenters. The van der Waals surface area contributed by atoms with Crippen LogP contribution in [-0.2, 0) is 6.42 Å². The Hall–Kier alpha value is -3.54. The van der Waals surface area contributed by atoms with Crippen molar-refractivity contribution >= 4 is 27.5 Å². The van der Waals surface area contributed by atoms with Gasteiger partial charge in [-0.15, -0.1) is 0 Å². The number of ether oxygens (including phenoxy) is 3. The minimum Gasteiger partial charge on any atom is -0.497 e. The van der Waals surface area contributed by atoms with E-state index in [1.54, 1.807) is 21.3 Å². The highest BCUT2D eigenvalue weighted by Gasteiger charge is 2.13. The van der Waals surface area contributed by atoms with E-state index in [0.717, 1.165) is 44.4 Å². The van der Waals surface area contributed by atoms with Gasteiger partial charge in [-0.05, 0) is 52.9 Å². The van der Waals surface area contributed by atoms with Gasteiger partial charge in [0.05, 0.1) is 26.8 Å². The average molecular weight is 389 g/mol. The normalized spacial score (nSPS) is 10.9. The number of pyridine rings is 2. The molecule has 148 valence electrons. The zero-order valence-electron chi connectivity index (χ0n) is 16.9. The lowest BCUT2D eigenvalue weighted by Gasteiger charge is -2.14. The summed E-state index contributed by atoms with van der Waals surface area (Å²) >= 11 is 0. The number of anilines is 1.